The van der Waals surface area contributed by atoms with E-state index in [1.807, 2.05) is 36.9 Å². The molecular formula is C23H36IN5O2. The highest BCUT2D eigenvalue weighted by molar-refractivity contribution is 14.0. The number of hydrogen-bond acceptors (Lipinski definition) is 4. The first-order chi connectivity index (χ1) is 14.5. The van der Waals surface area contributed by atoms with Crippen molar-refractivity contribution in [3.63, 3.8) is 0 Å². The van der Waals surface area contributed by atoms with Gasteiger partial charge in [-0.05, 0) is 58.6 Å². The van der Waals surface area contributed by atoms with Crippen LogP contribution in [0.4, 0.5) is 0 Å². The second-order valence-corrected chi connectivity index (χ2v) is 7.82. The molecule has 0 spiro atoms. The van der Waals surface area contributed by atoms with Crippen LogP contribution in [0.25, 0.3) is 0 Å². The Kier molecular flexibility index (Phi) is 9.93. The zero-order valence-electron chi connectivity index (χ0n) is 19.3. The van der Waals surface area contributed by atoms with E-state index in [-0.39, 0.29) is 24.0 Å². The molecule has 3 rings (SSSR count). The number of guanidine groups is 1. The molecular weight excluding hydrogens is 505 g/mol. The smallest absolute Gasteiger partial charge is 0.191 e. The van der Waals surface area contributed by atoms with Crippen molar-refractivity contribution >= 4 is 29.9 Å². The Bertz CT molecular complexity index is 875. The number of methoxy groups -OCH3 is 1. The van der Waals surface area contributed by atoms with Gasteiger partial charge in [-0.3, -0.25) is 4.68 Å². The zero-order chi connectivity index (χ0) is 21.5. The number of hydrogen-bond donors (Lipinski definition) is 2. The Morgan fingerprint density at radius 2 is 1.97 bits per heavy atom. The third kappa shape index (κ3) is 6.75. The maximum Gasteiger partial charge on any atom is 0.191 e. The van der Waals surface area contributed by atoms with Crippen LogP contribution in [0.2, 0.25) is 0 Å². The number of ether oxygens (including phenoxy) is 2. The zero-order valence-corrected chi connectivity index (χ0v) is 21.7. The summed E-state index contributed by atoms with van der Waals surface area (Å²) in [6.07, 6.45) is 5.01. The van der Waals surface area contributed by atoms with E-state index >= 15 is 0 Å². The van der Waals surface area contributed by atoms with Crippen LogP contribution in [0, 0.1) is 13.8 Å². The predicted octanol–water partition coefficient (Wildman–Crippen LogP) is 4.24. The summed E-state index contributed by atoms with van der Waals surface area (Å²) >= 11 is 0. The number of halogens is 1. The van der Waals surface area contributed by atoms with E-state index in [0.717, 1.165) is 48.1 Å². The Labute approximate surface area is 203 Å². The summed E-state index contributed by atoms with van der Waals surface area (Å²) in [6.45, 7) is 8.21. The Hall–Kier alpha value is -1.97. The molecule has 8 heteroatoms. The molecule has 1 heterocycles. The molecule has 0 aliphatic heterocycles. The number of rotatable bonds is 8. The molecule has 1 aliphatic rings. The lowest BCUT2D eigenvalue weighted by Gasteiger charge is -2.17. The lowest BCUT2D eigenvalue weighted by atomic mass is 10.2. The van der Waals surface area contributed by atoms with Gasteiger partial charge in [0, 0.05) is 43.0 Å². The largest absolute Gasteiger partial charge is 0.497 e. The lowest BCUT2D eigenvalue weighted by molar-refractivity contribution is 0.207. The van der Waals surface area contributed by atoms with Gasteiger partial charge in [-0.2, -0.15) is 5.10 Å². The molecule has 0 bridgehead atoms. The number of aromatic nitrogens is 2. The molecule has 0 atom stereocenters. The minimum atomic E-state index is 0. The summed E-state index contributed by atoms with van der Waals surface area (Å²) in [4.78, 5) is 4.80. The summed E-state index contributed by atoms with van der Waals surface area (Å²) in [5, 5.41) is 11.3. The van der Waals surface area contributed by atoms with Crippen molar-refractivity contribution in [2.45, 2.75) is 65.6 Å². The van der Waals surface area contributed by atoms with Crippen molar-refractivity contribution in [1.29, 1.82) is 0 Å². The number of nitrogens with one attached hydrogen (secondary N) is 2. The number of nitrogens with zero attached hydrogens (tertiary/aromatic N) is 3. The van der Waals surface area contributed by atoms with E-state index in [9.17, 15) is 0 Å². The lowest BCUT2D eigenvalue weighted by Crippen LogP contribution is -2.37. The van der Waals surface area contributed by atoms with Gasteiger partial charge in [-0.15, -0.1) is 24.0 Å². The Balaban J connectivity index is 0.00000341. The summed E-state index contributed by atoms with van der Waals surface area (Å²) in [5.41, 5.74) is 4.48. The average Bonchev–Trinajstić information content (AvgIpc) is 3.33. The Morgan fingerprint density at radius 3 is 2.58 bits per heavy atom. The molecule has 31 heavy (non-hydrogen) atoms. The molecule has 0 unspecified atom stereocenters. The second kappa shape index (κ2) is 12.2. The minimum Gasteiger partial charge on any atom is -0.497 e. The third-order valence-corrected chi connectivity index (χ3v) is 5.71. The average molecular weight is 541 g/mol. The van der Waals surface area contributed by atoms with Crippen molar-refractivity contribution in [3.8, 4) is 11.5 Å². The van der Waals surface area contributed by atoms with Gasteiger partial charge in [0.1, 0.15) is 11.5 Å². The highest BCUT2D eigenvalue weighted by atomic mass is 127. The maximum atomic E-state index is 6.30. The van der Waals surface area contributed by atoms with E-state index in [0.29, 0.717) is 19.2 Å². The summed E-state index contributed by atoms with van der Waals surface area (Å²) in [5.74, 6) is 2.46. The van der Waals surface area contributed by atoms with Crippen LogP contribution in [0.5, 0.6) is 11.5 Å². The first kappa shape index (κ1) is 25.3. The molecule has 1 fully saturated rings. The highest BCUT2D eigenvalue weighted by Gasteiger charge is 2.18. The third-order valence-electron chi connectivity index (χ3n) is 5.71. The topological polar surface area (TPSA) is 72.7 Å². The van der Waals surface area contributed by atoms with Crippen LogP contribution in [0.1, 0.15) is 55.1 Å². The van der Waals surface area contributed by atoms with E-state index in [1.165, 1.54) is 24.1 Å². The first-order valence-corrected chi connectivity index (χ1v) is 10.9. The van der Waals surface area contributed by atoms with Crippen LogP contribution >= 0.6 is 24.0 Å². The maximum absolute atomic E-state index is 6.30. The molecule has 2 aromatic rings. The summed E-state index contributed by atoms with van der Waals surface area (Å²) in [6, 6.07) is 5.99. The molecule has 1 aliphatic carbocycles. The van der Waals surface area contributed by atoms with Gasteiger partial charge in [-0.1, -0.05) is 0 Å². The van der Waals surface area contributed by atoms with Gasteiger partial charge in [0.05, 0.1) is 25.5 Å². The van der Waals surface area contributed by atoms with Crippen molar-refractivity contribution in [3.05, 3.63) is 40.7 Å². The van der Waals surface area contributed by atoms with E-state index in [1.54, 1.807) is 7.11 Å². The quantitative estimate of drug-likeness (QED) is 0.297. The molecule has 1 aromatic carbocycles. The standard InChI is InChI=1S/C23H35N5O2.HI/c1-6-24-23(26-15-21-16(2)27-28(4)17(21)3)25-14-18-11-12-20(29-5)13-22(18)30-19-9-7-8-10-19;/h11-13,19H,6-10,14-15H2,1-5H3,(H2,24,25,26);1H. The fourth-order valence-corrected chi connectivity index (χ4v) is 3.84. The molecule has 0 saturated heterocycles. The van der Waals surface area contributed by atoms with Crippen LogP contribution in [-0.4, -0.2) is 35.5 Å². The number of aliphatic imine (C=N–C) groups is 1. The van der Waals surface area contributed by atoms with Gasteiger partial charge in [-0.25, -0.2) is 4.99 Å². The van der Waals surface area contributed by atoms with Gasteiger partial charge in [0.15, 0.2) is 5.96 Å². The highest BCUT2D eigenvalue weighted by Crippen LogP contribution is 2.30. The molecule has 2 N–H and O–H groups in total. The van der Waals surface area contributed by atoms with Gasteiger partial charge >= 0.3 is 0 Å². The van der Waals surface area contributed by atoms with E-state index < -0.39 is 0 Å². The van der Waals surface area contributed by atoms with E-state index in [4.69, 9.17) is 14.5 Å². The van der Waals surface area contributed by atoms with E-state index in [2.05, 4.69) is 29.6 Å². The summed E-state index contributed by atoms with van der Waals surface area (Å²) in [7, 11) is 3.66. The molecule has 1 saturated carbocycles. The molecule has 7 nitrogen and oxygen atoms in total. The van der Waals surface area contributed by atoms with Gasteiger partial charge in [0.25, 0.3) is 0 Å². The van der Waals surface area contributed by atoms with Gasteiger partial charge < -0.3 is 20.1 Å². The monoisotopic (exact) mass is 541 g/mol. The van der Waals surface area contributed by atoms with Crippen LogP contribution in [0.3, 0.4) is 0 Å². The fourth-order valence-electron chi connectivity index (χ4n) is 3.84. The number of benzene rings is 1. The SMILES string of the molecule is CCNC(=NCc1ccc(OC)cc1OC1CCCC1)NCc1c(C)nn(C)c1C.I. The van der Waals surface area contributed by atoms with Crippen molar-refractivity contribution in [2.75, 3.05) is 13.7 Å². The molecule has 0 radical (unpaired) electrons. The first-order valence-electron chi connectivity index (χ1n) is 10.9. The Morgan fingerprint density at radius 1 is 1.23 bits per heavy atom. The van der Waals surface area contributed by atoms with Crippen molar-refractivity contribution < 1.29 is 9.47 Å². The molecule has 172 valence electrons. The van der Waals surface area contributed by atoms with Crippen LogP contribution in [0.15, 0.2) is 23.2 Å². The number of aryl methyl sites for hydroxylation is 2. The minimum absolute atomic E-state index is 0. The van der Waals surface area contributed by atoms with Crippen LogP contribution in [-0.2, 0) is 20.1 Å². The van der Waals surface area contributed by atoms with Crippen LogP contribution < -0.4 is 20.1 Å². The predicted molar refractivity (Wildman–Crippen MR) is 136 cm³/mol. The van der Waals surface area contributed by atoms with Crippen molar-refractivity contribution in [1.82, 2.24) is 20.4 Å². The second-order valence-electron chi connectivity index (χ2n) is 7.82. The fraction of sp³-hybridized carbons (Fsp3) is 0.565. The summed E-state index contributed by atoms with van der Waals surface area (Å²) < 4.78 is 13.6. The molecule has 0 amide bonds. The molecule has 1 aromatic heterocycles. The van der Waals surface area contributed by atoms with Crippen molar-refractivity contribution in [2.24, 2.45) is 12.0 Å². The normalized spacial score (nSPS) is 14.3. The van der Waals surface area contributed by atoms with Gasteiger partial charge in [0.2, 0.25) is 0 Å².